The van der Waals surface area contributed by atoms with Crippen LogP contribution in [0.2, 0.25) is 0 Å². The van der Waals surface area contributed by atoms with E-state index in [1.165, 1.54) is 38.2 Å². The monoisotopic (exact) mass is 315 g/mol. The molecule has 1 atom stereocenters. The molecule has 0 aliphatic rings. The number of carbonyl (C=O) groups is 2. The lowest BCUT2D eigenvalue weighted by Gasteiger charge is -2.21. The molecular weight excluding hydrogens is 298 g/mol. The SMILES string of the molecule is CCOC(=O)c1ccc(S(=O)(=O)N(C)C(C)C(=O)O)cc1. The molecule has 1 aromatic rings. The first-order chi connectivity index (χ1) is 9.71. The first-order valence-electron chi connectivity index (χ1n) is 6.19. The minimum absolute atomic E-state index is 0.0915. The maximum absolute atomic E-state index is 12.2. The van der Waals surface area contributed by atoms with E-state index in [0.29, 0.717) is 0 Å². The van der Waals surface area contributed by atoms with Crippen LogP contribution in [0, 0.1) is 0 Å². The average Bonchev–Trinajstić information content (AvgIpc) is 2.45. The molecule has 21 heavy (non-hydrogen) atoms. The Balaban J connectivity index is 3.05. The van der Waals surface area contributed by atoms with Crippen LogP contribution in [0.5, 0.6) is 0 Å². The highest BCUT2D eigenvalue weighted by Gasteiger charge is 2.29. The molecule has 0 saturated heterocycles. The summed E-state index contributed by atoms with van der Waals surface area (Å²) in [6, 6.07) is 3.94. The van der Waals surface area contributed by atoms with Gasteiger partial charge in [-0.2, -0.15) is 4.31 Å². The van der Waals surface area contributed by atoms with Crippen LogP contribution in [0.1, 0.15) is 24.2 Å². The summed E-state index contributed by atoms with van der Waals surface area (Å²) in [5.74, 6) is -1.79. The van der Waals surface area contributed by atoms with E-state index in [-0.39, 0.29) is 17.1 Å². The lowest BCUT2D eigenvalue weighted by molar-refractivity contribution is -0.140. The lowest BCUT2D eigenvalue weighted by Crippen LogP contribution is -2.40. The molecule has 1 N–H and O–H groups in total. The number of sulfonamides is 1. The zero-order chi connectivity index (χ0) is 16.2. The fourth-order valence-electron chi connectivity index (χ4n) is 1.51. The molecule has 0 aromatic heterocycles. The Morgan fingerprint density at radius 1 is 1.29 bits per heavy atom. The molecule has 0 amide bonds. The Labute approximate surface area is 123 Å². The number of hydrogen-bond donors (Lipinski definition) is 1. The van der Waals surface area contributed by atoms with Gasteiger partial charge in [0, 0.05) is 7.05 Å². The molecule has 1 aromatic carbocycles. The van der Waals surface area contributed by atoms with Gasteiger partial charge in [-0.15, -0.1) is 0 Å². The van der Waals surface area contributed by atoms with Crippen LogP contribution in [0.15, 0.2) is 29.2 Å². The van der Waals surface area contributed by atoms with Crippen molar-refractivity contribution >= 4 is 22.0 Å². The Bertz CT molecular complexity index is 623. The summed E-state index contributed by atoms with van der Waals surface area (Å²) in [5.41, 5.74) is 0.227. The van der Waals surface area contributed by atoms with Crippen LogP contribution in [0.3, 0.4) is 0 Å². The van der Waals surface area contributed by atoms with E-state index in [2.05, 4.69) is 0 Å². The van der Waals surface area contributed by atoms with Crippen LogP contribution in [0.25, 0.3) is 0 Å². The van der Waals surface area contributed by atoms with Crippen molar-refractivity contribution in [3.63, 3.8) is 0 Å². The molecule has 8 heteroatoms. The molecule has 116 valence electrons. The quantitative estimate of drug-likeness (QED) is 0.785. The summed E-state index contributed by atoms with van der Waals surface area (Å²) in [4.78, 5) is 22.3. The maximum Gasteiger partial charge on any atom is 0.338 e. The van der Waals surface area contributed by atoms with Crippen LogP contribution in [-0.4, -0.2) is 49.5 Å². The predicted octanol–water partition coefficient (Wildman–Crippen LogP) is 0.957. The first kappa shape index (κ1) is 17.1. The van der Waals surface area contributed by atoms with Crippen molar-refractivity contribution in [2.45, 2.75) is 24.8 Å². The summed E-state index contributed by atoms with van der Waals surface area (Å²) < 4.78 is 30.0. The van der Waals surface area contributed by atoms with E-state index in [0.717, 1.165) is 4.31 Å². The number of benzene rings is 1. The van der Waals surface area contributed by atoms with Gasteiger partial charge in [-0.05, 0) is 38.1 Å². The van der Waals surface area contributed by atoms with Crippen molar-refractivity contribution in [1.29, 1.82) is 0 Å². The number of carbonyl (C=O) groups excluding carboxylic acids is 1. The van der Waals surface area contributed by atoms with E-state index in [1.54, 1.807) is 6.92 Å². The van der Waals surface area contributed by atoms with Gasteiger partial charge >= 0.3 is 11.9 Å². The summed E-state index contributed by atoms with van der Waals surface area (Å²) in [6.07, 6.45) is 0. The standard InChI is InChI=1S/C13H17NO6S/c1-4-20-13(17)10-5-7-11(8-6-10)21(18,19)14(3)9(2)12(15)16/h5-9H,4H2,1-3H3,(H,15,16). The second-order valence-electron chi connectivity index (χ2n) is 4.28. The third kappa shape index (κ3) is 3.79. The molecule has 0 saturated carbocycles. The van der Waals surface area contributed by atoms with Crippen molar-refractivity contribution in [2.24, 2.45) is 0 Å². The summed E-state index contributed by atoms with van der Waals surface area (Å²) in [7, 11) is -2.75. The lowest BCUT2D eigenvalue weighted by atomic mass is 10.2. The minimum Gasteiger partial charge on any atom is -0.480 e. The Morgan fingerprint density at radius 3 is 2.24 bits per heavy atom. The van der Waals surface area contributed by atoms with Gasteiger partial charge in [0.1, 0.15) is 6.04 Å². The Hall–Kier alpha value is -1.93. The molecule has 0 fully saturated rings. The fourth-order valence-corrected chi connectivity index (χ4v) is 2.83. The molecule has 0 heterocycles. The van der Waals surface area contributed by atoms with Gasteiger partial charge in [0.15, 0.2) is 0 Å². The largest absolute Gasteiger partial charge is 0.480 e. The summed E-state index contributed by atoms with van der Waals surface area (Å²) >= 11 is 0. The number of hydrogen-bond acceptors (Lipinski definition) is 5. The van der Waals surface area contributed by atoms with Crippen molar-refractivity contribution in [3.8, 4) is 0 Å². The van der Waals surface area contributed by atoms with Gasteiger partial charge in [-0.1, -0.05) is 0 Å². The molecule has 1 unspecified atom stereocenters. The zero-order valence-electron chi connectivity index (χ0n) is 11.9. The Kier molecular flexibility index (Phi) is 5.45. The number of rotatable bonds is 6. The van der Waals surface area contributed by atoms with E-state index >= 15 is 0 Å². The highest BCUT2D eigenvalue weighted by molar-refractivity contribution is 7.89. The van der Waals surface area contributed by atoms with Crippen LogP contribution in [0.4, 0.5) is 0 Å². The molecule has 0 bridgehead atoms. The van der Waals surface area contributed by atoms with E-state index in [9.17, 15) is 18.0 Å². The van der Waals surface area contributed by atoms with Gasteiger partial charge in [0.05, 0.1) is 17.1 Å². The van der Waals surface area contributed by atoms with E-state index in [1.807, 2.05) is 0 Å². The third-order valence-corrected chi connectivity index (χ3v) is 4.89. The molecule has 7 nitrogen and oxygen atoms in total. The number of nitrogens with zero attached hydrogens (tertiary/aromatic N) is 1. The molecule has 0 aliphatic carbocycles. The van der Waals surface area contributed by atoms with E-state index < -0.39 is 28.0 Å². The van der Waals surface area contributed by atoms with Gasteiger partial charge in [-0.3, -0.25) is 4.79 Å². The fraction of sp³-hybridized carbons (Fsp3) is 0.385. The second-order valence-corrected chi connectivity index (χ2v) is 6.28. The van der Waals surface area contributed by atoms with Gasteiger partial charge in [0.2, 0.25) is 10.0 Å². The summed E-state index contributed by atoms with van der Waals surface area (Å²) in [6.45, 7) is 3.16. The third-order valence-electron chi connectivity index (χ3n) is 2.95. The normalized spacial score (nSPS) is 13.0. The topological polar surface area (TPSA) is 101 Å². The van der Waals surface area contributed by atoms with Crippen LogP contribution >= 0.6 is 0 Å². The molecular formula is C13H17NO6S. The molecule has 0 radical (unpaired) electrons. The molecule has 0 spiro atoms. The zero-order valence-corrected chi connectivity index (χ0v) is 12.8. The van der Waals surface area contributed by atoms with Gasteiger partial charge in [-0.25, -0.2) is 13.2 Å². The predicted molar refractivity (Wildman–Crippen MR) is 74.4 cm³/mol. The average molecular weight is 315 g/mol. The number of aliphatic carboxylic acids is 1. The second kappa shape index (κ2) is 6.68. The van der Waals surface area contributed by atoms with Gasteiger partial charge in [0.25, 0.3) is 0 Å². The number of likely N-dealkylation sites (N-methyl/N-ethyl adjacent to an activating group) is 1. The van der Waals surface area contributed by atoms with E-state index in [4.69, 9.17) is 9.84 Å². The maximum atomic E-state index is 12.2. The Morgan fingerprint density at radius 2 is 1.81 bits per heavy atom. The first-order valence-corrected chi connectivity index (χ1v) is 7.63. The van der Waals surface area contributed by atoms with Gasteiger partial charge < -0.3 is 9.84 Å². The van der Waals surface area contributed by atoms with Crippen molar-refractivity contribution < 1.29 is 27.9 Å². The highest BCUT2D eigenvalue weighted by atomic mass is 32.2. The van der Waals surface area contributed by atoms with Crippen LogP contribution in [-0.2, 0) is 19.6 Å². The van der Waals surface area contributed by atoms with Crippen molar-refractivity contribution in [1.82, 2.24) is 4.31 Å². The highest BCUT2D eigenvalue weighted by Crippen LogP contribution is 2.17. The number of ether oxygens (including phenoxy) is 1. The molecule has 1 rings (SSSR count). The minimum atomic E-state index is -3.94. The number of carboxylic acids is 1. The number of carboxylic acid groups (broad SMARTS) is 1. The molecule has 0 aliphatic heterocycles. The smallest absolute Gasteiger partial charge is 0.338 e. The van der Waals surface area contributed by atoms with Crippen molar-refractivity contribution in [2.75, 3.05) is 13.7 Å². The number of esters is 1. The van der Waals surface area contributed by atoms with Crippen LogP contribution < -0.4 is 0 Å². The summed E-state index contributed by atoms with van der Waals surface area (Å²) in [5, 5.41) is 8.87. The van der Waals surface area contributed by atoms with Crippen molar-refractivity contribution in [3.05, 3.63) is 29.8 Å².